The summed E-state index contributed by atoms with van der Waals surface area (Å²) < 4.78 is 0. The number of aryl methyl sites for hydroxylation is 1. The number of amides is 1. The van der Waals surface area contributed by atoms with Crippen LogP contribution in [0.15, 0.2) is 23.4 Å². The van der Waals surface area contributed by atoms with E-state index in [1.165, 1.54) is 4.90 Å². The van der Waals surface area contributed by atoms with Crippen molar-refractivity contribution in [3.63, 3.8) is 0 Å². The monoisotopic (exact) mass is 235 g/mol. The Kier molecular flexibility index (Phi) is 4.09. The lowest BCUT2D eigenvalue weighted by Crippen LogP contribution is -2.35. The summed E-state index contributed by atoms with van der Waals surface area (Å²) in [5.41, 5.74) is 8.01. The lowest BCUT2D eigenvalue weighted by molar-refractivity contribution is 0.0813. The molecule has 0 aliphatic heterocycles. The Morgan fingerprint density at radius 2 is 2.12 bits per heavy atom. The Balaban J connectivity index is 2.93. The molecular weight excluding hydrogens is 218 g/mol. The van der Waals surface area contributed by atoms with Crippen molar-refractivity contribution in [3.8, 4) is 0 Å². The molecule has 1 aromatic rings. The zero-order valence-corrected chi connectivity index (χ0v) is 10.3. The summed E-state index contributed by atoms with van der Waals surface area (Å²) in [5.74, 6) is -0.135. The van der Waals surface area contributed by atoms with Crippen LogP contribution >= 0.6 is 0 Å². The molecule has 0 aliphatic carbocycles. The largest absolute Gasteiger partial charge is 0.409 e. The van der Waals surface area contributed by atoms with Gasteiger partial charge in [0.2, 0.25) is 0 Å². The smallest absolute Gasteiger partial charge is 0.254 e. The van der Waals surface area contributed by atoms with Crippen molar-refractivity contribution in [1.29, 1.82) is 0 Å². The second kappa shape index (κ2) is 5.34. The zero-order chi connectivity index (χ0) is 13.0. The number of benzene rings is 1. The maximum Gasteiger partial charge on any atom is 0.254 e. The van der Waals surface area contributed by atoms with E-state index in [1.54, 1.807) is 13.1 Å². The highest BCUT2D eigenvalue weighted by Gasteiger charge is 2.15. The summed E-state index contributed by atoms with van der Waals surface area (Å²) in [5, 5.41) is 11.3. The first kappa shape index (κ1) is 13.0. The van der Waals surface area contributed by atoms with E-state index < -0.39 is 0 Å². The van der Waals surface area contributed by atoms with Crippen molar-refractivity contribution in [2.75, 3.05) is 13.6 Å². The molecule has 0 spiro atoms. The fourth-order valence-electron chi connectivity index (χ4n) is 1.53. The van der Waals surface area contributed by atoms with E-state index in [9.17, 15) is 4.79 Å². The predicted molar refractivity (Wildman–Crippen MR) is 66.3 cm³/mol. The molecule has 1 rings (SSSR count). The van der Waals surface area contributed by atoms with Gasteiger partial charge in [0.15, 0.2) is 5.84 Å². The predicted octanol–water partition coefficient (Wildman–Crippen LogP) is 1.12. The van der Waals surface area contributed by atoms with Gasteiger partial charge in [-0.3, -0.25) is 4.79 Å². The van der Waals surface area contributed by atoms with Gasteiger partial charge in [0.05, 0.1) is 6.54 Å². The molecule has 0 atom stereocenters. The van der Waals surface area contributed by atoms with Gasteiger partial charge in [-0.1, -0.05) is 17.3 Å². The fraction of sp³-hybridized carbons (Fsp3) is 0.333. The maximum atomic E-state index is 12.1. The number of nitrogens with two attached hydrogens (primary N) is 1. The Labute approximate surface area is 101 Å². The van der Waals surface area contributed by atoms with Crippen LogP contribution in [0.1, 0.15) is 21.5 Å². The fourth-order valence-corrected chi connectivity index (χ4v) is 1.53. The van der Waals surface area contributed by atoms with E-state index in [2.05, 4.69) is 5.16 Å². The van der Waals surface area contributed by atoms with Crippen LogP contribution in [0.25, 0.3) is 0 Å². The van der Waals surface area contributed by atoms with Crippen LogP contribution < -0.4 is 5.73 Å². The summed E-state index contributed by atoms with van der Waals surface area (Å²) in [7, 11) is 1.61. The minimum absolute atomic E-state index is 0.00570. The van der Waals surface area contributed by atoms with Crippen molar-refractivity contribution in [1.82, 2.24) is 4.90 Å². The van der Waals surface area contributed by atoms with Gasteiger partial charge < -0.3 is 15.8 Å². The Morgan fingerprint density at radius 3 is 2.71 bits per heavy atom. The van der Waals surface area contributed by atoms with Crippen LogP contribution in [-0.2, 0) is 0 Å². The van der Waals surface area contributed by atoms with E-state index in [4.69, 9.17) is 10.9 Å². The van der Waals surface area contributed by atoms with Gasteiger partial charge in [-0.05, 0) is 31.0 Å². The molecule has 3 N–H and O–H groups in total. The SMILES string of the molecule is Cc1cccc(C(=O)N(C)CC(N)=NO)c1C. The molecule has 0 unspecified atom stereocenters. The van der Waals surface area contributed by atoms with Crippen LogP contribution in [0.3, 0.4) is 0 Å². The second-order valence-corrected chi connectivity index (χ2v) is 4.00. The molecule has 5 nitrogen and oxygen atoms in total. The third kappa shape index (κ3) is 2.96. The zero-order valence-electron chi connectivity index (χ0n) is 10.3. The van der Waals surface area contributed by atoms with E-state index in [0.29, 0.717) is 5.56 Å². The molecule has 1 amide bonds. The molecular formula is C12H17N3O2. The van der Waals surface area contributed by atoms with Crippen LogP contribution in [0.2, 0.25) is 0 Å². The summed E-state index contributed by atoms with van der Waals surface area (Å²) in [6, 6.07) is 5.57. The average Bonchev–Trinajstić information content (AvgIpc) is 2.31. The third-order valence-electron chi connectivity index (χ3n) is 2.71. The number of likely N-dealkylation sites (N-methyl/N-ethyl adjacent to an activating group) is 1. The van der Waals surface area contributed by atoms with Crippen molar-refractivity contribution >= 4 is 11.7 Å². The first-order chi connectivity index (χ1) is 7.97. The summed E-state index contributed by atoms with van der Waals surface area (Å²) in [6.07, 6.45) is 0. The highest BCUT2D eigenvalue weighted by molar-refractivity contribution is 5.98. The lowest BCUT2D eigenvalue weighted by atomic mass is 10.0. The molecule has 0 saturated heterocycles. The number of amidine groups is 1. The standard InChI is InChI=1S/C12H17N3O2/c1-8-5-4-6-10(9(8)2)12(16)15(3)7-11(13)14-17/h4-6,17H,7H2,1-3H3,(H2,13,14). The van der Waals surface area contributed by atoms with E-state index in [1.807, 2.05) is 26.0 Å². The number of nitrogens with zero attached hydrogens (tertiary/aromatic N) is 2. The first-order valence-electron chi connectivity index (χ1n) is 5.25. The van der Waals surface area contributed by atoms with E-state index in [-0.39, 0.29) is 18.3 Å². The highest BCUT2D eigenvalue weighted by Crippen LogP contribution is 2.14. The number of rotatable bonds is 3. The quantitative estimate of drug-likeness (QED) is 0.356. The van der Waals surface area contributed by atoms with Gasteiger partial charge in [0, 0.05) is 12.6 Å². The Bertz CT molecular complexity index is 455. The summed E-state index contributed by atoms with van der Waals surface area (Å²) >= 11 is 0. The number of carbonyl (C=O) groups is 1. The van der Waals surface area contributed by atoms with E-state index in [0.717, 1.165) is 11.1 Å². The lowest BCUT2D eigenvalue weighted by Gasteiger charge is -2.18. The molecule has 0 saturated carbocycles. The molecule has 0 aliphatic rings. The Morgan fingerprint density at radius 1 is 1.47 bits per heavy atom. The van der Waals surface area contributed by atoms with Crippen LogP contribution in [0.4, 0.5) is 0 Å². The number of hydrogen-bond donors (Lipinski definition) is 2. The van der Waals surface area contributed by atoms with Gasteiger partial charge in [-0.15, -0.1) is 0 Å². The van der Waals surface area contributed by atoms with Crippen molar-refractivity contribution in [2.45, 2.75) is 13.8 Å². The normalized spacial score (nSPS) is 11.4. The number of hydrogen-bond acceptors (Lipinski definition) is 3. The molecule has 0 fully saturated rings. The molecule has 0 aromatic heterocycles. The number of oxime groups is 1. The van der Waals surface area contributed by atoms with Gasteiger partial charge in [-0.2, -0.15) is 0 Å². The van der Waals surface area contributed by atoms with Gasteiger partial charge in [-0.25, -0.2) is 0 Å². The van der Waals surface area contributed by atoms with Gasteiger partial charge in [0.1, 0.15) is 0 Å². The molecule has 0 heterocycles. The minimum Gasteiger partial charge on any atom is -0.409 e. The number of carbonyl (C=O) groups excluding carboxylic acids is 1. The molecule has 17 heavy (non-hydrogen) atoms. The van der Waals surface area contributed by atoms with Crippen molar-refractivity contribution < 1.29 is 10.0 Å². The maximum absolute atomic E-state index is 12.1. The molecule has 92 valence electrons. The topological polar surface area (TPSA) is 78.9 Å². The van der Waals surface area contributed by atoms with Crippen molar-refractivity contribution in [3.05, 3.63) is 34.9 Å². The van der Waals surface area contributed by atoms with Gasteiger partial charge >= 0.3 is 0 Å². The Hall–Kier alpha value is -2.04. The van der Waals surface area contributed by atoms with Crippen LogP contribution in [0.5, 0.6) is 0 Å². The summed E-state index contributed by atoms with van der Waals surface area (Å²) in [6.45, 7) is 3.96. The first-order valence-corrected chi connectivity index (χ1v) is 5.25. The highest BCUT2D eigenvalue weighted by atomic mass is 16.4. The molecule has 0 bridgehead atoms. The molecule has 1 aromatic carbocycles. The van der Waals surface area contributed by atoms with E-state index >= 15 is 0 Å². The minimum atomic E-state index is -0.141. The second-order valence-electron chi connectivity index (χ2n) is 4.00. The average molecular weight is 235 g/mol. The summed E-state index contributed by atoms with van der Waals surface area (Å²) in [4.78, 5) is 13.5. The van der Waals surface area contributed by atoms with Crippen molar-refractivity contribution in [2.24, 2.45) is 10.9 Å². The van der Waals surface area contributed by atoms with Crippen LogP contribution in [0, 0.1) is 13.8 Å². The molecule has 0 radical (unpaired) electrons. The third-order valence-corrected chi connectivity index (χ3v) is 2.71. The van der Waals surface area contributed by atoms with Crippen LogP contribution in [-0.4, -0.2) is 35.4 Å². The molecule has 5 heteroatoms. The van der Waals surface area contributed by atoms with Gasteiger partial charge in [0.25, 0.3) is 5.91 Å².